The molecule has 1 atom stereocenters. The highest BCUT2D eigenvalue weighted by Crippen LogP contribution is 2.45. The molecule has 32 heavy (non-hydrogen) atoms. The molecular weight excluding hydrogens is 445 g/mol. The van der Waals surface area contributed by atoms with Crippen molar-refractivity contribution < 1.29 is 28.1 Å². The summed E-state index contributed by atoms with van der Waals surface area (Å²) < 4.78 is 42.7. The molecule has 0 aliphatic rings. The van der Waals surface area contributed by atoms with Crippen molar-refractivity contribution >= 4 is 22.6 Å². The molecule has 1 unspecified atom stereocenters. The first-order chi connectivity index (χ1) is 15.2. The molecule has 0 aliphatic carbocycles. The number of aliphatic hydroxyl groups excluding tert-OH is 1. The van der Waals surface area contributed by atoms with E-state index in [2.05, 4.69) is 14.7 Å². The Morgan fingerprint density at radius 1 is 1.12 bits per heavy atom. The van der Waals surface area contributed by atoms with Crippen LogP contribution in [0.3, 0.4) is 0 Å². The predicted molar refractivity (Wildman–Crippen MR) is 115 cm³/mol. The van der Waals surface area contributed by atoms with Crippen LogP contribution in [0.2, 0.25) is 5.02 Å². The van der Waals surface area contributed by atoms with Gasteiger partial charge in [0.1, 0.15) is 17.1 Å². The number of halogens is 4. The number of aromatic amines is 1. The van der Waals surface area contributed by atoms with E-state index in [9.17, 15) is 23.4 Å². The van der Waals surface area contributed by atoms with Gasteiger partial charge in [0.25, 0.3) is 0 Å². The van der Waals surface area contributed by atoms with Gasteiger partial charge in [-0.1, -0.05) is 59.6 Å². The highest BCUT2D eigenvalue weighted by molar-refractivity contribution is 6.35. The normalized spacial score (nSPS) is 12.8. The molecule has 3 aromatic carbocycles. The smallest absolute Gasteiger partial charge is 0.505 e. The Balaban J connectivity index is 1.84. The number of phenolic OH excluding ortho intramolecular Hbond substituents is 1. The summed E-state index contributed by atoms with van der Waals surface area (Å²) in [4.78, 5) is 7.47. The fourth-order valence-electron chi connectivity index (χ4n) is 3.58. The van der Waals surface area contributed by atoms with Crippen LogP contribution in [0.4, 0.5) is 13.2 Å². The van der Waals surface area contributed by atoms with Gasteiger partial charge in [-0.3, -0.25) is 0 Å². The third-order valence-electron chi connectivity index (χ3n) is 5.10. The number of H-pyrrole nitrogens is 1. The summed E-state index contributed by atoms with van der Waals surface area (Å²) in [5.41, 5.74) is 2.30. The zero-order chi connectivity index (χ0) is 23.0. The average molecular weight is 463 g/mol. The summed E-state index contributed by atoms with van der Waals surface area (Å²) in [5.74, 6) is -1.01. The molecule has 0 fully saturated rings. The lowest BCUT2D eigenvalue weighted by molar-refractivity contribution is -0.274. The molecule has 0 spiro atoms. The topological polar surface area (TPSA) is 78.4 Å². The van der Waals surface area contributed by atoms with Gasteiger partial charge in [-0.25, -0.2) is 4.98 Å². The van der Waals surface area contributed by atoms with E-state index in [-0.39, 0.29) is 28.3 Å². The van der Waals surface area contributed by atoms with Gasteiger partial charge < -0.3 is 19.9 Å². The second kappa shape index (κ2) is 8.37. The fraction of sp³-hybridized carbons (Fsp3) is 0.174. The van der Waals surface area contributed by atoms with Crippen molar-refractivity contribution in [2.45, 2.75) is 19.2 Å². The van der Waals surface area contributed by atoms with Crippen LogP contribution in [0.5, 0.6) is 11.5 Å². The minimum atomic E-state index is -4.91. The van der Waals surface area contributed by atoms with E-state index in [1.165, 1.54) is 24.3 Å². The maximum Gasteiger partial charge on any atom is 0.573 e. The third-order valence-corrected chi connectivity index (χ3v) is 5.39. The number of fused-ring (bicyclic) bond motifs is 1. The Bertz CT molecular complexity index is 1270. The van der Waals surface area contributed by atoms with Gasteiger partial charge in [0.15, 0.2) is 5.75 Å². The number of hydrogen-bond acceptors (Lipinski definition) is 4. The summed E-state index contributed by atoms with van der Waals surface area (Å²) in [7, 11) is 0. The van der Waals surface area contributed by atoms with Crippen LogP contribution in [0, 0.1) is 6.92 Å². The molecule has 0 saturated carbocycles. The second-order valence-corrected chi connectivity index (χ2v) is 7.70. The van der Waals surface area contributed by atoms with Crippen LogP contribution in [0.25, 0.3) is 22.2 Å². The number of benzene rings is 3. The Morgan fingerprint density at radius 3 is 2.47 bits per heavy atom. The van der Waals surface area contributed by atoms with Gasteiger partial charge >= 0.3 is 6.36 Å². The second-order valence-electron chi connectivity index (χ2n) is 7.29. The Hall–Kier alpha value is -3.23. The quantitative estimate of drug-likeness (QED) is 0.344. The minimum absolute atomic E-state index is 0.0132. The molecule has 1 heterocycles. The van der Waals surface area contributed by atoms with E-state index in [1.54, 1.807) is 0 Å². The van der Waals surface area contributed by atoms with E-state index < -0.39 is 23.8 Å². The lowest BCUT2D eigenvalue weighted by Crippen LogP contribution is -2.17. The van der Waals surface area contributed by atoms with Crippen LogP contribution in [-0.2, 0) is 0 Å². The van der Waals surface area contributed by atoms with Gasteiger partial charge in [0.05, 0.1) is 23.1 Å². The van der Waals surface area contributed by atoms with Crippen molar-refractivity contribution in [2.24, 2.45) is 0 Å². The molecule has 5 nitrogen and oxygen atoms in total. The first-order valence-electron chi connectivity index (χ1n) is 9.61. The van der Waals surface area contributed by atoms with Crippen molar-refractivity contribution in [2.75, 3.05) is 6.61 Å². The van der Waals surface area contributed by atoms with Gasteiger partial charge in [-0.05, 0) is 24.6 Å². The zero-order valence-corrected chi connectivity index (χ0v) is 17.5. The summed E-state index contributed by atoms with van der Waals surface area (Å²) in [6, 6.07) is 14.4. The van der Waals surface area contributed by atoms with Gasteiger partial charge in [0.2, 0.25) is 0 Å². The number of rotatable bonds is 5. The first kappa shape index (κ1) is 22.0. The number of imidazole rings is 1. The number of aliphatic hydroxyl groups is 1. The molecule has 3 N–H and O–H groups in total. The Morgan fingerprint density at radius 2 is 1.81 bits per heavy atom. The molecule has 4 aromatic rings. The molecule has 0 bridgehead atoms. The number of nitrogens with zero attached hydrogens (tertiary/aromatic N) is 1. The molecule has 1 aromatic heterocycles. The number of nitrogens with one attached hydrogen (secondary N) is 1. The molecule has 0 radical (unpaired) electrons. The van der Waals surface area contributed by atoms with Gasteiger partial charge in [-0.2, -0.15) is 0 Å². The number of hydrogen-bond donors (Lipinski definition) is 3. The maximum atomic E-state index is 12.8. The van der Waals surface area contributed by atoms with Gasteiger partial charge in [-0.15, -0.1) is 13.2 Å². The standard InChI is InChI=1S/C23H18ClF3N2O3/c1-12-6-8-13(9-7-12)15(11-30)22-28-17-10-16(24)19(21(31)20(17)29-22)14-4-2-3-5-18(14)32-23(25,26)27/h2-10,15,30-31H,11H2,1H3,(H,28,29). The monoisotopic (exact) mass is 462 g/mol. The molecular formula is C23H18ClF3N2O3. The molecule has 166 valence electrons. The van der Waals surface area contributed by atoms with Crippen molar-refractivity contribution in [1.29, 1.82) is 0 Å². The van der Waals surface area contributed by atoms with Crippen molar-refractivity contribution in [3.05, 3.63) is 76.6 Å². The largest absolute Gasteiger partial charge is 0.573 e. The minimum Gasteiger partial charge on any atom is -0.505 e. The van der Waals surface area contributed by atoms with E-state index in [0.717, 1.165) is 17.2 Å². The van der Waals surface area contributed by atoms with Crippen LogP contribution in [-0.4, -0.2) is 33.2 Å². The Kier molecular flexibility index (Phi) is 5.75. The van der Waals surface area contributed by atoms with Gasteiger partial charge in [0, 0.05) is 11.1 Å². The lowest BCUT2D eigenvalue weighted by atomic mass is 9.98. The molecule has 9 heteroatoms. The summed E-state index contributed by atoms with van der Waals surface area (Å²) >= 11 is 6.35. The highest BCUT2D eigenvalue weighted by Gasteiger charge is 2.33. The van der Waals surface area contributed by atoms with Crippen molar-refractivity contribution in [1.82, 2.24) is 9.97 Å². The van der Waals surface area contributed by atoms with Crippen LogP contribution < -0.4 is 4.74 Å². The number of aromatic hydroxyl groups is 1. The molecule has 0 amide bonds. The number of alkyl halides is 3. The molecule has 0 saturated heterocycles. The maximum absolute atomic E-state index is 12.8. The highest BCUT2D eigenvalue weighted by atomic mass is 35.5. The lowest BCUT2D eigenvalue weighted by Gasteiger charge is -2.15. The zero-order valence-electron chi connectivity index (χ0n) is 16.7. The average Bonchev–Trinajstić information content (AvgIpc) is 3.14. The number of phenols is 1. The van der Waals surface area contributed by atoms with E-state index in [0.29, 0.717) is 11.3 Å². The van der Waals surface area contributed by atoms with Crippen molar-refractivity contribution in [3.63, 3.8) is 0 Å². The third kappa shape index (κ3) is 4.24. The van der Waals surface area contributed by atoms with Crippen LogP contribution in [0.1, 0.15) is 22.9 Å². The van der Waals surface area contributed by atoms with Crippen molar-refractivity contribution in [3.8, 4) is 22.6 Å². The number of para-hydroxylation sites is 1. The van der Waals surface area contributed by atoms with E-state index in [1.807, 2.05) is 31.2 Å². The number of aryl methyl sites for hydroxylation is 1. The summed E-state index contributed by atoms with van der Waals surface area (Å²) in [5, 5.41) is 20.9. The fourth-order valence-corrected chi connectivity index (χ4v) is 3.88. The predicted octanol–water partition coefficient (Wildman–Crippen LogP) is 5.92. The number of ether oxygens (including phenoxy) is 1. The first-order valence-corrected chi connectivity index (χ1v) is 9.99. The summed E-state index contributed by atoms with van der Waals surface area (Å²) in [6.07, 6.45) is -4.91. The van der Waals surface area contributed by atoms with E-state index in [4.69, 9.17) is 11.6 Å². The van der Waals surface area contributed by atoms with E-state index >= 15 is 0 Å². The van der Waals surface area contributed by atoms with Crippen LogP contribution in [0.15, 0.2) is 54.6 Å². The molecule has 0 aliphatic heterocycles. The molecule has 4 rings (SSSR count). The summed E-state index contributed by atoms with van der Waals surface area (Å²) in [6.45, 7) is 1.70. The Labute approximate surface area is 186 Å². The SMILES string of the molecule is Cc1ccc(C(CO)c2nc3c(O)c(-c4ccccc4OC(F)(F)F)c(Cl)cc3[nH]2)cc1. The number of aromatic nitrogens is 2. The van der Waals surface area contributed by atoms with Crippen LogP contribution >= 0.6 is 11.6 Å².